The molecule has 3 fully saturated rings. The van der Waals surface area contributed by atoms with Crippen LogP contribution in [0.4, 0.5) is 0 Å². The van der Waals surface area contributed by atoms with Crippen LogP contribution in [-0.2, 0) is 0 Å². The number of aliphatic hydroxyl groups excluding tert-OH is 1. The molecule has 0 aromatic carbocycles. The Hall–Kier alpha value is -0.740. The molecule has 0 spiro atoms. The number of allylic oxidation sites excluding steroid dienone is 2. The van der Waals surface area contributed by atoms with Crippen molar-refractivity contribution in [2.24, 2.45) is 34.5 Å². The van der Waals surface area contributed by atoms with Crippen molar-refractivity contribution in [2.45, 2.75) is 71.3 Å². The number of rotatable bonds is 0. The molecule has 0 heterocycles. The van der Waals surface area contributed by atoms with E-state index in [-0.39, 0.29) is 11.5 Å². The van der Waals surface area contributed by atoms with Crippen molar-refractivity contribution >= 4 is 0 Å². The molecule has 0 aromatic rings. The molecule has 0 aliphatic heterocycles. The predicted molar refractivity (Wildman–Crippen MR) is 90.0 cm³/mol. The topological polar surface area (TPSA) is 20.2 Å². The van der Waals surface area contributed by atoms with E-state index < -0.39 is 0 Å². The molecular weight excluding hydrogens is 268 g/mol. The zero-order chi connectivity index (χ0) is 15.5. The second kappa shape index (κ2) is 4.88. The summed E-state index contributed by atoms with van der Waals surface area (Å²) in [5.74, 6) is 5.99. The van der Waals surface area contributed by atoms with Gasteiger partial charge in [0, 0.05) is 5.92 Å². The smallest absolute Gasteiger partial charge is 0.0551 e. The molecule has 4 aliphatic rings. The summed E-state index contributed by atoms with van der Waals surface area (Å²) in [5, 5.41) is 10.3. The number of hydrogen-bond donors (Lipinski definition) is 1. The van der Waals surface area contributed by atoms with Gasteiger partial charge in [0.1, 0.15) is 0 Å². The van der Waals surface area contributed by atoms with Gasteiger partial charge < -0.3 is 5.11 Å². The Morgan fingerprint density at radius 1 is 1.18 bits per heavy atom. The first-order valence-electron chi connectivity index (χ1n) is 9.33. The molecule has 120 valence electrons. The zero-order valence-corrected chi connectivity index (χ0v) is 14.1. The second-order valence-corrected chi connectivity index (χ2v) is 9.00. The molecule has 0 amide bonds. The van der Waals surface area contributed by atoms with Crippen LogP contribution in [0.25, 0.3) is 0 Å². The maximum atomic E-state index is 10.3. The lowest BCUT2D eigenvalue weighted by molar-refractivity contribution is -0.0513. The monoisotopic (exact) mass is 298 g/mol. The van der Waals surface area contributed by atoms with Gasteiger partial charge in [-0.1, -0.05) is 25.5 Å². The summed E-state index contributed by atoms with van der Waals surface area (Å²) in [4.78, 5) is 0. The van der Waals surface area contributed by atoms with Crippen molar-refractivity contribution in [3.63, 3.8) is 0 Å². The average molecular weight is 298 g/mol. The Balaban J connectivity index is 1.69. The minimum absolute atomic E-state index is 0.0868. The standard InChI is InChI=1S/C21H30O/c1-4-14-7-10-18-17-9-6-15-5-8-16(22)13-21(15,3)19(17)11-12-20(14,18)2/h1,6,14,16-19,22H,5,7-13H2,2-3H3/t14?,16?,17-,18-,19+,20+,21-/m0/s1. The van der Waals surface area contributed by atoms with Crippen LogP contribution in [0, 0.1) is 46.8 Å². The first kappa shape index (κ1) is 14.8. The Bertz CT molecular complexity index is 541. The highest BCUT2D eigenvalue weighted by Crippen LogP contribution is 2.66. The summed E-state index contributed by atoms with van der Waals surface area (Å²) >= 11 is 0. The van der Waals surface area contributed by atoms with Gasteiger partial charge in [-0.25, -0.2) is 0 Å². The summed E-state index contributed by atoms with van der Waals surface area (Å²) in [6.45, 7) is 4.93. The number of hydrogen-bond acceptors (Lipinski definition) is 1. The van der Waals surface area contributed by atoms with Crippen molar-refractivity contribution in [3.05, 3.63) is 11.6 Å². The molecule has 22 heavy (non-hydrogen) atoms. The normalized spacial score (nSPS) is 53.7. The molecule has 7 atom stereocenters. The van der Waals surface area contributed by atoms with E-state index in [1.165, 1.54) is 32.1 Å². The molecule has 1 nitrogen and oxygen atoms in total. The number of fused-ring (bicyclic) bond motifs is 5. The van der Waals surface area contributed by atoms with Crippen LogP contribution in [-0.4, -0.2) is 11.2 Å². The van der Waals surface area contributed by atoms with Crippen LogP contribution in [0.2, 0.25) is 0 Å². The fourth-order valence-corrected chi connectivity index (χ4v) is 7.01. The fraction of sp³-hybridized carbons (Fsp3) is 0.810. The summed E-state index contributed by atoms with van der Waals surface area (Å²) in [6, 6.07) is 0. The van der Waals surface area contributed by atoms with Gasteiger partial charge in [0.2, 0.25) is 0 Å². The SMILES string of the molecule is C#CC1CC[C@H]2[C@@H]3CC=C4CCC(O)C[C@]4(C)[C@@H]3CC[C@]12C. The zero-order valence-electron chi connectivity index (χ0n) is 14.1. The second-order valence-electron chi connectivity index (χ2n) is 9.00. The first-order chi connectivity index (χ1) is 10.5. The molecule has 3 saturated carbocycles. The predicted octanol–water partition coefficient (Wildman–Crippen LogP) is 4.56. The summed E-state index contributed by atoms with van der Waals surface area (Å²) in [7, 11) is 0. The van der Waals surface area contributed by atoms with E-state index in [4.69, 9.17) is 6.42 Å². The Morgan fingerprint density at radius 2 is 2.00 bits per heavy atom. The van der Waals surface area contributed by atoms with Gasteiger partial charge in [-0.2, -0.15) is 0 Å². The quantitative estimate of drug-likeness (QED) is 0.513. The van der Waals surface area contributed by atoms with Gasteiger partial charge >= 0.3 is 0 Å². The summed E-state index contributed by atoms with van der Waals surface area (Å²) in [5.41, 5.74) is 2.30. The van der Waals surface area contributed by atoms with E-state index in [2.05, 4.69) is 25.8 Å². The lowest BCUT2D eigenvalue weighted by Gasteiger charge is -2.57. The van der Waals surface area contributed by atoms with E-state index in [1.807, 2.05) is 0 Å². The van der Waals surface area contributed by atoms with E-state index in [9.17, 15) is 5.11 Å². The van der Waals surface area contributed by atoms with E-state index >= 15 is 0 Å². The van der Waals surface area contributed by atoms with Crippen LogP contribution in [0.1, 0.15) is 65.2 Å². The third-order valence-electron chi connectivity index (χ3n) is 8.23. The molecular formula is C21H30O. The van der Waals surface area contributed by atoms with Crippen molar-refractivity contribution < 1.29 is 5.11 Å². The van der Waals surface area contributed by atoms with Gasteiger partial charge in [-0.05, 0) is 80.0 Å². The minimum Gasteiger partial charge on any atom is -0.393 e. The van der Waals surface area contributed by atoms with Crippen LogP contribution in [0.15, 0.2) is 11.6 Å². The Labute approximate surface area is 135 Å². The minimum atomic E-state index is -0.0868. The van der Waals surface area contributed by atoms with Gasteiger partial charge in [0.05, 0.1) is 6.10 Å². The molecule has 4 aliphatic carbocycles. The van der Waals surface area contributed by atoms with Gasteiger partial charge in [0.25, 0.3) is 0 Å². The molecule has 2 unspecified atom stereocenters. The van der Waals surface area contributed by atoms with Crippen LogP contribution in [0.3, 0.4) is 0 Å². The van der Waals surface area contributed by atoms with Crippen molar-refractivity contribution in [2.75, 3.05) is 0 Å². The van der Waals surface area contributed by atoms with E-state index in [1.54, 1.807) is 5.57 Å². The highest BCUT2D eigenvalue weighted by Gasteiger charge is 2.58. The molecule has 0 radical (unpaired) electrons. The number of aliphatic hydroxyl groups is 1. The van der Waals surface area contributed by atoms with E-state index in [0.29, 0.717) is 11.3 Å². The van der Waals surface area contributed by atoms with Crippen LogP contribution >= 0.6 is 0 Å². The number of terminal acetylenes is 1. The van der Waals surface area contributed by atoms with Crippen LogP contribution in [0.5, 0.6) is 0 Å². The summed E-state index contributed by atoms with van der Waals surface area (Å²) < 4.78 is 0. The van der Waals surface area contributed by atoms with Gasteiger partial charge in [-0.3, -0.25) is 0 Å². The van der Waals surface area contributed by atoms with Crippen molar-refractivity contribution in [3.8, 4) is 12.3 Å². The highest BCUT2D eigenvalue weighted by molar-refractivity contribution is 5.25. The van der Waals surface area contributed by atoms with Gasteiger partial charge in [0.15, 0.2) is 0 Å². The molecule has 1 N–H and O–H groups in total. The largest absolute Gasteiger partial charge is 0.393 e. The fourth-order valence-electron chi connectivity index (χ4n) is 7.01. The molecule has 1 heteroatoms. The highest BCUT2D eigenvalue weighted by atomic mass is 16.3. The first-order valence-corrected chi connectivity index (χ1v) is 9.33. The van der Waals surface area contributed by atoms with Crippen LogP contribution < -0.4 is 0 Å². The third-order valence-corrected chi connectivity index (χ3v) is 8.23. The maximum absolute atomic E-state index is 10.3. The van der Waals surface area contributed by atoms with Crippen molar-refractivity contribution in [1.29, 1.82) is 0 Å². The van der Waals surface area contributed by atoms with E-state index in [0.717, 1.165) is 37.0 Å². The average Bonchev–Trinajstić information content (AvgIpc) is 2.82. The Kier molecular flexibility index (Phi) is 3.29. The molecule has 0 saturated heterocycles. The molecule has 0 aromatic heterocycles. The maximum Gasteiger partial charge on any atom is 0.0551 e. The Morgan fingerprint density at radius 3 is 2.77 bits per heavy atom. The summed E-state index contributed by atoms with van der Waals surface area (Å²) in [6.07, 6.45) is 17.8. The van der Waals surface area contributed by atoms with Gasteiger partial charge in [-0.15, -0.1) is 12.3 Å². The third kappa shape index (κ3) is 1.83. The molecule has 4 rings (SSSR count). The molecule has 0 bridgehead atoms. The van der Waals surface area contributed by atoms with Crippen molar-refractivity contribution in [1.82, 2.24) is 0 Å². The lowest BCUT2D eigenvalue weighted by atomic mass is 9.47. The lowest BCUT2D eigenvalue weighted by Crippen LogP contribution is -2.50.